The van der Waals surface area contributed by atoms with Crippen molar-refractivity contribution in [3.63, 3.8) is 0 Å². The third-order valence-corrected chi connectivity index (χ3v) is 4.03. The standard InChI is InChI=1S/C16H8BrClN2O4/c17-11-4-1-9(2-5-11)7-13-16(21)24-15(19-13)10-3-6-12(18)14(8-10)20(22)23/h1-8H/b13-7+. The van der Waals surface area contributed by atoms with Crippen molar-refractivity contribution in [2.24, 2.45) is 4.99 Å². The Kier molecular flexibility index (Phi) is 4.46. The van der Waals surface area contributed by atoms with Crippen molar-refractivity contribution in [2.45, 2.75) is 0 Å². The first-order chi connectivity index (χ1) is 11.4. The summed E-state index contributed by atoms with van der Waals surface area (Å²) in [6.07, 6.45) is 1.58. The second-order valence-corrected chi connectivity index (χ2v) is 6.13. The lowest BCUT2D eigenvalue weighted by atomic mass is 10.2. The first kappa shape index (κ1) is 16.4. The van der Waals surface area contributed by atoms with E-state index in [0.717, 1.165) is 10.0 Å². The van der Waals surface area contributed by atoms with Gasteiger partial charge in [0.1, 0.15) is 5.02 Å². The molecule has 0 spiro atoms. The lowest BCUT2D eigenvalue weighted by Crippen LogP contribution is -2.06. The summed E-state index contributed by atoms with van der Waals surface area (Å²) < 4.78 is 6.01. The molecule has 0 unspecified atom stereocenters. The topological polar surface area (TPSA) is 81.8 Å². The Morgan fingerprint density at radius 1 is 1.21 bits per heavy atom. The molecule has 8 heteroatoms. The molecule has 0 aromatic heterocycles. The van der Waals surface area contributed by atoms with Crippen molar-refractivity contribution < 1.29 is 14.5 Å². The molecule has 120 valence electrons. The molecule has 0 aliphatic carbocycles. The Bertz CT molecular complexity index is 907. The quantitative estimate of drug-likeness (QED) is 0.328. The molecule has 1 heterocycles. The van der Waals surface area contributed by atoms with E-state index in [9.17, 15) is 14.9 Å². The number of nitro groups is 1. The number of rotatable bonds is 3. The molecule has 0 saturated heterocycles. The number of cyclic esters (lactones) is 1. The minimum Gasteiger partial charge on any atom is -0.402 e. The van der Waals surface area contributed by atoms with Gasteiger partial charge in [0.05, 0.1) is 4.92 Å². The number of ether oxygens (including phenoxy) is 1. The smallest absolute Gasteiger partial charge is 0.363 e. The summed E-state index contributed by atoms with van der Waals surface area (Å²) in [6, 6.07) is 11.4. The van der Waals surface area contributed by atoms with Crippen LogP contribution in [0.25, 0.3) is 6.08 Å². The van der Waals surface area contributed by atoms with Gasteiger partial charge in [-0.05, 0) is 35.9 Å². The lowest BCUT2D eigenvalue weighted by Gasteiger charge is -2.00. The first-order valence-corrected chi connectivity index (χ1v) is 7.83. The van der Waals surface area contributed by atoms with Gasteiger partial charge in [-0.2, -0.15) is 0 Å². The zero-order chi connectivity index (χ0) is 17.3. The maximum Gasteiger partial charge on any atom is 0.363 e. The summed E-state index contributed by atoms with van der Waals surface area (Å²) in [5, 5.41) is 10.9. The second-order valence-electron chi connectivity index (χ2n) is 4.81. The Hall–Kier alpha value is -2.51. The van der Waals surface area contributed by atoms with Gasteiger partial charge in [-0.1, -0.05) is 39.7 Å². The van der Waals surface area contributed by atoms with Crippen molar-refractivity contribution in [1.29, 1.82) is 0 Å². The van der Waals surface area contributed by atoms with Crippen LogP contribution >= 0.6 is 27.5 Å². The number of nitrogens with zero attached hydrogens (tertiary/aromatic N) is 2. The number of esters is 1. The van der Waals surface area contributed by atoms with Gasteiger partial charge in [-0.3, -0.25) is 10.1 Å². The van der Waals surface area contributed by atoms with Crippen LogP contribution in [0, 0.1) is 10.1 Å². The molecule has 0 saturated carbocycles. The van der Waals surface area contributed by atoms with Crippen molar-refractivity contribution in [3.05, 3.63) is 78.9 Å². The van der Waals surface area contributed by atoms with Crippen LogP contribution in [0.15, 0.2) is 57.6 Å². The van der Waals surface area contributed by atoms with Crippen molar-refractivity contribution in [2.75, 3.05) is 0 Å². The number of benzene rings is 2. The summed E-state index contributed by atoms with van der Waals surface area (Å²) >= 11 is 9.10. The molecule has 0 fully saturated rings. The molecule has 24 heavy (non-hydrogen) atoms. The van der Waals surface area contributed by atoms with Gasteiger partial charge in [0.2, 0.25) is 5.90 Å². The Morgan fingerprint density at radius 2 is 1.92 bits per heavy atom. The highest BCUT2D eigenvalue weighted by atomic mass is 79.9. The van der Waals surface area contributed by atoms with Crippen LogP contribution in [0.3, 0.4) is 0 Å². The molecule has 1 aliphatic rings. The van der Waals surface area contributed by atoms with Crippen molar-refractivity contribution in [1.82, 2.24) is 0 Å². The van der Waals surface area contributed by atoms with Gasteiger partial charge in [0.25, 0.3) is 5.69 Å². The third kappa shape index (κ3) is 3.37. The van der Waals surface area contributed by atoms with Crippen molar-refractivity contribution in [3.8, 4) is 0 Å². The summed E-state index contributed by atoms with van der Waals surface area (Å²) in [7, 11) is 0. The number of hydrogen-bond acceptors (Lipinski definition) is 5. The molecule has 0 bridgehead atoms. The maximum atomic E-state index is 11.9. The number of carbonyl (C=O) groups is 1. The van der Waals surface area contributed by atoms with Crippen LogP contribution in [0.2, 0.25) is 5.02 Å². The Morgan fingerprint density at radius 3 is 2.58 bits per heavy atom. The van der Waals surface area contributed by atoms with E-state index >= 15 is 0 Å². The van der Waals surface area contributed by atoms with Gasteiger partial charge in [0.15, 0.2) is 5.70 Å². The molecular weight excluding hydrogens is 400 g/mol. The van der Waals surface area contributed by atoms with Crippen LogP contribution in [0.5, 0.6) is 0 Å². The monoisotopic (exact) mass is 406 g/mol. The summed E-state index contributed by atoms with van der Waals surface area (Å²) in [4.78, 5) is 26.4. The average Bonchev–Trinajstić information content (AvgIpc) is 2.90. The molecule has 6 nitrogen and oxygen atoms in total. The lowest BCUT2D eigenvalue weighted by molar-refractivity contribution is -0.384. The van der Waals surface area contributed by atoms with Crippen LogP contribution in [0.4, 0.5) is 5.69 Å². The van der Waals surface area contributed by atoms with E-state index in [0.29, 0.717) is 5.56 Å². The van der Waals surface area contributed by atoms with Crippen LogP contribution in [-0.4, -0.2) is 16.8 Å². The van der Waals surface area contributed by atoms with E-state index in [1.54, 1.807) is 6.08 Å². The molecule has 0 N–H and O–H groups in total. The van der Waals surface area contributed by atoms with E-state index in [4.69, 9.17) is 16.3 Å². The highest BCUT2D eigenvalue weighted by Crippen LogP contribution is 2.27. The molecular formula is C16H8BrClN2O4. The number of carbonyl (C=O) groups excluding carboxylic acids is 1. The minimum absolute atomic E-state index is 0.000647. The fraction of sp³-hybridized carbons (Fsp3) is 0. The van der Waals surface area contributed by atoms with Gasteiger partial charge in [-0.15, -0.1) is 0 Å². The molecule has 0 radical (unpaired) electrons. The minimum atomic E-state index is -0.620. The van der Waals surface area contributed by atoms with Crippen LogP contribution in [0.1, 0.15) is 11.1 Å². The van der Waals surface area contributed by atoms with Crippen LogP contribution < -0.4 is 0 Å². The first-order valence-electron chi connectivity index (χ1n) is 6.66. The summed E-state index contributed by atoms with van der Waals surface area (Å²) in [5.41, 5.74) is 0.916. The molecule has 3 rings (SSSR count). The number of aliphatic imine (C=N–C) groups is 1. The molecule has 2 aromatic carbocycles. The van der Waals surface area contributed by atoms with Gasteiger partial charge >= 0.3 is 5.97 Å². The van der Waals surface area contributed by atoms with E-state index in [2.05, 4.69) is 20.9 Å². The summed E-state index contributed by atoms with van der Waals surface area (Å²) in [5.74, 6) is -0.617. The highest BCUT2D eigenvalue weighted by Gasteiger charge is 2.26. The van der Waals surface area contributed by atoms with E-state index < -0.39 is 10.9 Å². The molecule has 2 aromatic rings. The molecule has 0 amide bonds. The average molecular weight is 408 g/mol. The number of hydrogen-bond donors (Lipinski definition) is 0. The van der Waals surface area contributed by atoms with E-state index in [-0.39, 0.29) is 22.3 Å². The predicted molar refractivity (Wildman–Crippen MR) is 92.9 cm³/mol. The fourth-order valence-corrected chi connectivity index (χ4v) is 2.49. The molecule has 1 aliphatic heterocycles. The van der Waals surface area contributed by atoms with Gasteiger partial charge in [0, 0.05) is 16.1 Å². The second kappa shape index (κ2) is 6.54. The number of halogens is 2. The SMILES string of the molecule is O=C1OC(c2ccc(Cl)c([N+](=O)[O-])c2)=N/C1=C/c1ccc(Br)cc1. The number of nitro benzene ring substituents is 1. The zero-order valence-electron chi connectivity index (χ0n) is 11.9. The third-order valence-electron chi connectivity index (χ3n) is 3.18. The van der Waals surface area contributed by atoms with Crippen molar-refractivity contribution >= 4 is 51.2 Å². The largest absolute Gasteiger partial charge is 0.402 e. The molecule has 0 atom stereocenters. The van der Waals surface area contributed by atoms with Crippen LogP contribution in [-0.2, 0) is 9.53 Å². The fourth-order valence-electron chi connectivity index (χ4n) is 2.04. The normalized spacial score (nSPS) is 15.3. The van der Waals surface area contributed by atoms with E-state index in [1.807, 2.05) is 24.3 Å². The Balaban J connectivity index is 1.96. The Labute approximate surface area is 149 Å². The highest BCUT2D eigenvalue weighted by molar-refractivity contribution is 9.10. The van der Waals surface area contributed by atoms with E-state index in [1.165, 1.54) is 18.2 Å². The van der Waals surface area contributed by atoms with Gasteiger partial charge in [-0.25, -0.2) is 9.79 Å². The zero-order valence-corrected chi connectivity index (χ0v) is 14.2. The maximum absolute atomic E-state index is 11.9. The summed E-state index contributed by atoms with van der Waals surface area (Å²) in [6.45, 7) is 0. The van der Waals surface area contributed by atoms with Gasteiger partial charge < -0.3 is 4.74 Å². The predicted octanol–water partition coefficient (Wildman–Crippen LogP) is 4.36.